The lowest BCUT2D eigenvalue weighted by Gasteiger charge is -2.16. The van der Waals surface area contributed by atoms with Crippen molar-refractivity contribution >= 4 is 16.6 Å². The van der Waals surface area contributed by atoms with Gasteiger partial charge in [0.05, 0.1) is 12.5 Å². The number of carbonyl (C=O) groups excluding carboxylic acids is 1. The van der Waals surface area contributed by atoms with Crippen LogP contribution in [-0.4, -0.2) is 12.9 Å². The van der Waals surface area contributed by atoms with Gasteiger partial charge in [0.25, 0.3) is 0 Å². The van der Waals surface area contributed by atoms with Crippen molar-refractivity contribution in [3.63, 3.8) is 0 Å². The van der Waals surface area contributed by atoms with Crippen molar-refractivity contribution in [1.29, 1.82) is 0 Å². The van der Waals surface area contributed by atoms with E-state index in [4.69, 9.17) is 4.74 Å². The molecular formula is C16H16O2. The highest BCUT2D eigenvalue weighted by Crippen LogP contribution is 2.51. The molecule has 1 aliphatic carbocycles. The fraction of sp³-hybridized carbons (Fsp3) is 0.312. The molecule has 0 unspecified atom stereocenters. The number of benzene rings is 2. The molecule has 1 saturated carbocycles. The van der Waals surface area contributed by atoms with Crippen molar-refractivity contribution in [2.75, 3.05) is 7.11 Å². The summed E-state index contributed by atoms with van der Waals surface area (Å²) in [5, 5.41) is 2.23. The molecule has 0 atom stereocenters. The zero-order valence-corrected chi connectivity index (χ0v) is 10.7. The molecule has 0 saturated heterocycles. The average molecular weight is 240 g/mol. The third-order valence-electron chi connectivity index (χ3n) is 4.04. The van der Waals surface area contributed by atoms with Gasteiger partial charge in [-0.05, 0) is 36.8 Å². The van der Waals surface area contributed by atoms with Crippen LogP contribution in [0.2, 0.25) is 0 Å². The zero-order chi connectivity index (χ0) is 12.8. The number of carbonyl (C=O) groups is 1. The molecule has 0 bridgehead atoms. The number of Topliss-reactive ketones (excluding diaryl/α,β-unsaturated/α-hetero) is 1. The van der Waals surface area contributed by atoms with Gasteiger partial charge in [0.15, 0.2) is 0 Å². The van der Waals surface area contributed by atoms with E-state index < -0.39 is 0 Å². The van der Waals surface area contributed by atoms with Crippen LogP contribution in [0.5, 0.6) is 5.75 Å². The Kier molecular flexibility index (Phi) is 2.40. The molecule has 2 heteroatoms. The predicted octanol–water partition coefficient (Wildman–Crippen LogP) is 3.47. The van der Waals surface area contributed by atoms with Gasteiger partial charge in [0, 0.05) is 5.39 Å². The molecule has 92 valence electrons. The molecule has 2 aromatic rings. The second-order valence-corrected chi connectivity index (χ2v) is 5.00. The largest absolute Gasteiger partial charge is 0.496 e. The summed E-state index contributed by atoms with van der Waals surface area (Å²) in [6, 6.07) is 12.2. The molecule has 0 spiro atoms. The monoisotopic (exact) mass is 240 g/mol. The van der Waals surface area contributed by atoms with E-state index in [1.807, 2.05) is 24.3 Å². The standard InChI is InChI=1S/C16H16O2/c1-11(17)16(9-10-16)14-7-8-15(18-2)13-6-4-3-5-12(13)14/h3-8H,9-10H2,1-2H3. The second-order valence-electron chi connectivity index (χ2n) is 5.00. The Morgan fingerprint density at radius 2 is 1.78 bits per heavy atom. The molecule has 1 fully saturated rings. The summed E-state index contributed by atoms with van der Waals surface area (Å²) in [7, 11) is 1.68. The molecular weight excluding hydrogens is 224 g/mol. The van der Waals surface area contributed by atoms with Gasteiger partial charge >= 0.3 is 0 Å². The first kappa shape index (κ1) is 11.3. The van der Waals surface area contributed by atoms with Gasteiger partial charge in [-0.2, -0.15) is 0 Å². The molecule has 1 aliphatic rings. The third kappa shape index (κ3) is 1.45. The van der Waals surface area contributed by atoms with E-state index in [2.05, 4.69) is 12.1 Å². The first-order chi connectivity index (χ1) is 8.69. The Morgan fingerprint density at radius 3 is 2.33 bits per heavy atom. The summed E-state index contributed by atoms with van der Waals surface area (Å²) in [4.78, 5) is 11.9. The number of hydrogen-bond acceptors (Lipinski definition) is 2. The lowest BCUT2D eigenvalue weighted by atomic mass is 9.88. The first-order valence-corrected chi connectivity index (χ1v) is 6.26. The maximum Gasteiger partial charge on any atom is 0.140 e. The predicted molar refractivity (Wildman–Crippen MR) is 72.1 cm³/mol. The van der Waals surface area contributed by atoms with Gasteiger partial charge in [-0.25, -0.2) is 0 Å². The zero-order valence-electron chi connectivity index (χ0n) is 10.7. The highest BCUT2D eigenvalue weighted by molar-refractivity contribution is 5.99. The molecule has 0 amide bonds. The van der Waals surface area contributed by atoms with Gasteiger partial charge in [-0.15, -0.1) is 0 Å². The van der Waals surface area contributed by atoms with E-state index in [1.54, 1.807) is 14.0 Å². The van der Waals surface area contributed by atoms with E-state index in [1.165, 1.54) is 0 Å². The Balaban J connectivity index is 2.29. The summed E-state index contributed by atoms with van der Waals surface area (Å²) in [6.45, 7) is 1.70. The summed E-state index contributed by atoms with van der Waals surface area (Å²) in [6.07, 6.45) is 1.94. The van der Waals surface area contributed by atoms with E-state index >= 15 is 0 Å². The van der Waals surface area contributed by atoms with Gasteiger partial charge in [0.2, 0.25) is 0 Å². The van der Waals surface area contributed by atoms with E-state index in [0.717, 1.165) is 34.9 Å². The van der Waals surface area contributed by atoms with Crippen LogP contribution >= 0.6 is 0 Å². The normalized spacial score (nSPS) is 16.6. The number of hydrogen-bond donors (Lipinski definition) is 0. The summed E-state index contributed by atoms with van der Waals surface area (Å²) in [5.41, 5.74) is 0.928. The quantitative estimate of drug-likeness (QED) is 0.821. The van der Waals surface area contributed by atoms with Gasteiger partial charge < -0.3 is 4.74 Å². The van der Waals surface area contributed by atoms with Gasteiger partial charge in [-0.1, -0.05) is 30.3 Å². The molecule has 3 rings (SSSR count). The maximum absolute atomic E-state index is 11.9. The summed E-state index contributed by atoms with van der Waals surface area (Å²) in [5.74, 6) is 1.14. The van der Waals surface area contributed by atoms with Crippen LogP contribution in [0.3, 0.4) is 0 Å². The van der Waals surface area contributed by atoms with Crippen LogP contribution in [0, 0.1) is 0 Å². The molecule has 2 nitrogen and oxygen atoms in total. The van der Waals surface area contributed by atoms with E-state index in [9.17, 15) is 4.79 Å². The fourth-order valence-corrected chi connectivity index (χ4v) is 2.80. The number of methoxy groups -OCH3 is 1. The minimum atomic E-state index is -0.230. The first-order valence-electron chi connectivity index (χ1n) is 6.26. The van der Waals surface area contributed by atoms with E-state index in [-0.39, 0.29) is 11.2 Å². The number of ether oxygens (including phenoxy) is 1. The second kappa shape index (κ2) is 3.84. The molecule has 18 heavy (non-hydrogen) atoms. The minimum Gasteiger partial charge on any atom is -0.496 e. The Morgan fingerprint density at radius 1 is 1.11 bits per heavy atom. The van der Waals surface area contributed by atoms with Crippen molar-refractivity contribution in [3.05, 3.63) is 42.0 Å². The van der Waals surface area contributed by atoms with Crippen LogP contribution in [0.1, 0.15) is 25.3 Å². The van der Waals surface area contributed by atoms with Crippen molar-refractivity contribution in [2.45, 2.75) is 25.2 Å². The highest BCUT2D eigenvalue weighted by Gasteiger charge is 2.49. The highest BCUT2D eigenvalue weighted by atomic mass is 16.5. The smallest absolute Gasteiger partial charge is 0.140 e. The minimum absolute atomic E-state index is 0.230. The lowest BCUT2D eigenvalue weighted by molar-refractivity contribution is -0.119. The maximum atomic E-state index is 11.9. The molecule has 0 heterocycles. The SMILES string of the molecule is COc1ccc(C2(C(C)=O)CC2)c2ccccc12. The van der Waals surface area contributed by atoms with Crippen molar-refractivity contribution in [2.24, 2.45) is 0 Å². The Bertz CT molecular complexity index is 624. The van der Waals surface area contributed by atoms with E-state index in [0.29, 0.717) is 0 Å². The van der Waals surface area contributed by atoms with Gasteiger partial charge in [0.1, 0.15) is 11.5 Å². The van der Waals surface area contributed by atoms with Crippen molar-refractivity contribution in [3.8, 4) is 5.75 Å². The number of ketones is 1. The Labute approximate surface area is 107 Å². The Hall–Kier alpha value is -1.83. The van der Waals surface area contributed by atoms with Crippen LogP contribution < -0.4 is 4.74 Å². The fourth-order valence-electron chi connectivity index (χ4n) is 2.80. The van der Waals surface area contributed by atoms with Crippen molar-refractivity contribution in [1.82, 2.24) is 0 Å². The van der Waals surface area contributed by atoms with Crippen LogP contribution in [0.15, 0.2) is 36.4 Å². The van der Waals surface area contributed by atoms with Crippen LogP contribution in [0.25, 0.3) is 10.8 Å². The molecule has 0 aromatic heterocycles. The number of fused-ring (bicyclic) bond motifs is 1. The molecule has 2 aromatic carbocycles. The lowest BCUT2D eigenvalue weighted by Crippen LogP contribution is -2.17. The van der Waals surface area contributed by atoms with Gasteiger partial charge in [-0.3, -0.25) is 4.79 Å². The summed E-state index contributed by atoms with van der Waals surface area (Å²) < 4.78 is 5.39. The van der Waals surface area contributed by atoms with Crippen LogP contribution in [0.4, 0.5) is 0 Å². The third-order valence-corrected chi connectivity index (χ3v) is 4.04. The number of rotatable bonds is 3. The topological polar surface area (TPSA) is 26.3 Å². The molecule has 0 radical (unpaired) electrons. The average Bonchev–Trinajstić information content (AvgIpc) is 3.19. The summed E-state index contributed by atoms with van der Waals surface area (Å²) >= 11 is 0. The van der Waals surface area contributed by atoms with Crippen molar-refractivity contribution < 1.29 is 9.53 Å². The molecule has 0 aliphatic heterocycles. The molecule has 0 N–H and O–H groups in total. The van der Waals surface area contributed by atoms with Crippen LogP contribution in [-0.2, 0) is 10.2 Å².